The van der Waals surface area contributed by atoms with Crippen LogP contribution in [0.5, 0.6) is 0 Å². The molecule has 0 unspecified atom stereocenters. The lowest BCUT2D eigenvalue weighted by molar-refractivity contribution is -0.133. The Morgan fingerprint density at radius 3 is 2.40 bits per heavy atom. The van der Waals surface area contributed by atoms with E-state index in [1.807, 2.05) is 0 Å². The van der Waals surface area contributed by atoms with Crippen LogP contribution in [0.2, 0.25) is 5.02 Å². The summed E-state index contributed by atoms with van der Waals surface area (Å²) in [5.74, 6) is -1.23. The van der Waals surface area contributed by atoms with Gasteiger partial charge in [0.1, 0.15) is 0 Å². The van der Waals surface area contributed by atoms with E-state index >= 15 is 0 Å². The molecule has 128 valence electrons. The van der Waals surface area contributed by atoms with Gasteiger partial charge in [0, 0.05) is 16.1 Å². The number of esters is 1. The molecular formula is C18H15ClN2O4. The lowest BCUT2D eigenvalue weighted by Gasteiger charge is -2.31. The number of methoxy groups -OCH3 is 1. The second kappa shape index (κ2) is 6.66. The molecule has 1 aliphatic rings. The molecule has 1 amide bonds. The van der Waals surface area contributed by atoms with Gasteiger partial charge in [0.15, 0.2) is 11.4 Å². The number of rotatable bonds is 3. The Labute approximate surface area is 149 Å². The van der Waals surface area contributed by atoms with Crippen molar-refractivity contribution in [3.63, 3.8) is 0 Å². The van der Waals surface area contributed by atoms with E-state index in [1.165, 1.54) is 7.11 Å². The van der Waals surface area contributed by atoms with E-state index in [4.69, 9.17) is 11.6 Å². The van der Waals surface area contributed by atoms with Gasteiger partial charge in [0.2, 0.25) is 0 Å². The van der Waals surface area contributed by atoms with Gasteiger partial charge < -0.3 is 9.84 Å². The van der Waals surface area contributed by atoms with Gasteiger partial charge in [-0.2, -0.15) is 10.1 Å². The fourth-order valence-electron chi connectivity index (χ4n) is 2.64. The highest BCUT2D eigenvalue weighted by Gasteiger charge is 2.48. The molecule has 1 heterocycles. The first-order valence-electron chi connectivity index (χ1n) is 7.49. The second-order valence-electron chi connectivity index (χ2n) is 5.52. The van der Waals surface area contributed by atoms with Crippen LogP contribution >= 0.6 is 11.6 Å². The molecule has 2 aromatic rings. The van der Waals surface area contributed by atoms with Gasteiger partial charge in [-0.3, -0.25) is 4.79 Å². The summed E-state index contributed by atoms with van der Waals surface area (Å²) in [6.07, 6.45) is -0.181. The van der Waals surface area contributed by atoms with Crippen molar-refractivity contribution in [2.24, 2.45) is 5.10 Å². The van der Waals surface area contributed by atoms with Crippen molar-refractivity contribution in [2.75, 3.05) is 7.11 Å². The molecule has 25 heavy (non-hydrogen) atoms. The number of nitrogens with zero attached hydrogens (tertiary/aromatic N) is 2. The van der Waals surface area contributed by atoms with Crippen molar-refractivity contribution in [1.29, 1.82) is 0 Å². The summed E-state index contributed by atoms with van der Waals surface area (Å²) in [6.45, 7) is 0. The summed E-state index contributed by atoms with van der Waals surface area (Å²) in [5.41, 5.74) is -1.11. The first-order chi connectivity index (χ1) is 12.0. The van der Waals surface area contributed by atoms with Gasteiger partial charge in [-0.25, -0.2) is 4.79 Å². The number of hydrogen-bond donors (Lipinski definition) is 1. The van der Waals surface area contributed by atoms with Crippen LogP contribution in [0, 0.1) is 0 Å². The molecule has 0 saturated carbocycles. The van der Waals surface area contributed by atoms with Crippen LogP contribution < -0.4 is 0 Å². The van der Waals surface area contributed by atoms with Crippen LogP contribution in [0.3, 0.4) is 0 Å². The Morgan fingerprint density at radius 2 is 1.80 bits per heavy atom. The minimum absolute atomic E-state index is 0.0377. The number of halogens is 1. The van der Waals surface area contributed by atoms with Crippen molar-refractivity contribution in [1.82, 2.24) is 5.01 Å². The molecule has 0 spiro atoms. The van der Waals surface area contributed by atoms with Gasteiger partial charge >= 0.3 is 5.97 Å². The number of carbonyl (C=O) groups excluding carboxylic acids is 2. The van der Waals surface area contributed by atoms with E-state index in [0.717, 1.165) is 5.01 Å². The highest BCUT2D eigenvalue weighted by atomic mass is 35.5. The number of aliphatic hydroxyl groups is 1. The summed E-state index contributed by atoms with van der Waals surface area (Å²) in [5, 5.41) is 16.6. The van der Waals surface area contributed by atoms with Crippen molar-refractivity contribution >= 4 is 29.2 Å². The molecule has 1 atom stereocenters. The molecule has 0 bridgehead atoms. The average Bonchev–Trinajstić information content (AvgIpc) is 3.00. The summed E-state index contributed by atoms with van der Waals surface area (Å²) in [6, 6.07) is 14.8. The van der Waals surface area contributed by atoms with Crippen molar-refractivity contribution < 1.29 is 19.4 Å². The quantitative estimate of drug-likeness (QED) is 0.855. The topological polar surface area (TPSA) is 79.2 Å². The molecule has 0 fully saturated rings. The van der Waals surface area contributed by atoms with Crippen LogP contribution in [-0.4, -0.2) is 34.8 Å². The zero-order chi connectivity index (χ0) is 18.0. The third kappa shape index (κ3) is 3.14. The molecule has 2 aromatic carbocycles. The fraction of sp³-hybridized carbons (Fsp3) is 0.167. The predicted molar refractivity (Wildman–Crippen MR) is 92.0 cm³/mol. The predicted octanol–water partition coefficient (Wildman–Crippen LogP) is 2.56. The Bertz CT molecular complexity index is 836. The van der Waals surface area contributed by atoms with Crippen LogP contribution in [0.4, 0.5) is 0 Å². The summed E-state index contributed by atoms with van der Waals surface area (Å²) < 4.78 is 4.68. The van der Waals surface area contributed by atoms with E-state index in [0.29, 0.717) is 16.1 Å². The highest BCUT2D eigenvalue weighted by molar-refractivity contribution is 6.37. The molecule has 3 rings (SSSR count). The van der Waals surface area contributed by atoms with Crippen molar-refractivity contribution in [2.45, 2.75) is 12.1 Å². The first-order valence-corrected chi connectivity index (χ1v) is 7.87. The van der Waals surface area contributed by atoms with Gasteiger partial charge in [0.05, 0.1) is 13.5 Å². The zero-order valence-corrected chi connectivity index (χ0v) is 14.1. The van der Waals surface area contributed by atoms with Crippen LogP contribution in [-0.2, 0) is 15.3 Å². The van der Waals surface area contributed by atoms with Crippen LogP contribution in [0.15, 0.2) is 59.7 Å². The summed E-state index contributed by atoms with van der Waals surface area (Å²) in [7, 11) is 1.22. The first kappa shape index (κ1) is 17.1. The maximum absolute atomic E-state index is 12.8. The number of carbonyl (C=O) groups is 2. The van der Waals surface area contributed by atoms with E-state index in [2.05, 4.69) is 9.84 Å². The fourth-order valence-corrected chi connectivity index (χ4v) is 2.76. The molecule has 1 N–H and O–H groups in total. The number of ether oxygens (including phenoxy) is 1. The number of benzene rings is 2. The molecule has 0 radical (unpaired) electrons. The summed E-state index contributed by atoms with van der Waals surface area (Å²) >= 11 is 5.90. The molecule has 1 aliphatic heterocycles. The molecule has 0 aromatic heterocycles. The van der Waals surface area contributed by atoms with E-state index < -0.39 is 17.6 Å². The largest absolute Gasteiger partial charge is 0.464 e. The van der Waals surface area contributed by atoms with Crippen LogP contribution in [0.1, 0.15) is 22.3 Å². The van der Waals surface area contributed by atoms with Gasteiger partial charge in [-0.15, -0.1) is 0 Å². The zero-order valence-electron chi connectivity index (χ0n) is 13.3. The van der Waals surface area contributed by atoms with Gasteiger partial charge in [-0.05, 0) is 24.3 Å². The Balaban J connectivity index is 2.05. The minimum atomic E-state index is -1.80. The van der Waals surface area contributed by atoms with E-state index in [-0.39, 0.29) is 12.1 Å². The minimum Gasteiger partial charge on any atom is -0.464 e. The van der Waals surface area contributed by atoms with E-state index in [1.54, 1.807) is 54.6 Å². The van der Waals surface area contributed by atoms with Crippen LogP contribution in [0.25, 0.3) is 0 Å². The maximum atomic E-state index is 12.8. The SMILES string of the molecule is COC(=O)C1=NN(C(=O)c2ccccc2)[C@@](O)(c2ccc(Cl)cc2)C1. The molecule has 7 heteroatoms. The van der Waals surface area contributed by atoms with Crippen molar-refractivity contribution in [3.8, 4) is 0 Å². The average molecular weight is 359 g/mol. The Kier molecular flexibility index (Phi) is 4.57. The second-order valence-corrected chi connectivity index (χ2v) is 5.96. The lowest BCUT2D eigenvalue weighted by atomic mass is 9.97. The van der Waals surface area contributed by atoms with E-state index in [9.17, 15) is 14.7 Å². The number of hydrogen-bond acceptors (Lipinski definition) is 5. The molecule has 0 saturated heterocycles. The summed E-state index contributed by atoms with van der Waals surface area (Å²) in [4.78, 5) is 24.7. The molecular weight excluding hydrogens is 344 g/mol. The third-order valence-corrected chi connectivity index (χ3v) is 4.18. The molecule has 6 nitrogen and oxygen atoms in total. The van der Waals surface area contributed by atoms with Gasteiger partial charge in [-0.1, -0.05) is 41.9 Å². The normalized spacial score (nSPS) is 19.5. The monoisotopic (exact) mass is 358 g/mol. The maximum Gasteiger partial charge on any atom is 0.354 e. The molecule has 0 aliphatic carbocycles. The third-order valence-electron chi connectivity index (χ3n) is 3.93. The smallest absolute Gasteiger partial charge is 0.354 e. The lowest BCUT2D eigenvalue weighted by Crippen LogP contribution is -2.43. The number of hydrazone groups is 1. The standard InChI is InChI=1S/C18H15ClN2O4/c1-25-17(23)15-11-18(24,13-7-9-14(19)10-8-13)21(20-15)16(22)12-5-3-2-4-6-12/h2-10,24H,11H2,1H3/t18-/m0/s1. The highest BCUT2D eigenvalue weighted by Crippen LogP contribution is 2.37. The van der Waals surface area contributed by atoms with Gasteiger partial charge in [0.25, 0.3) is 5.91 Å². The van der Waals surface area contributed by atoms with Crippen molar-refractivity contribution in [3.05, 3.63) is 70.7 Å². The Morgan fingerprint density at radius 1 is 1.16 bits per heavy atom. The number of amides is 1. The Hall–Kier alpha value is -2.70.